The van der Waals surface area contributed by atoms with Crippen molar-refractivity contribution in [3.05, 3.63) is 60.4 Å². The summed E-state index contributed by atoms with van der Waals surface area (Å²) in [4.78, 5) is 4.16. The van der Waals surface area contributed by atoms with Crippen LogP contribution in [0.3, 0.4) is 0 Å². The Balaban J connectivity index is 2.22. The van der Waals surface area contributed by atoms with Crippen LogP contribution in [-0.4, -0.2) is 4.98 Å². The first kappa shape index (κ1) is 10.8. The molecule has 0 aliphatic rings. The quantitative estimate of drug-likeness (QED) is 0.650. The zero-order valence-corrected chi connectivity index (χ0v) is 10.2. The van der Waals surface area contributed by atoms with E-state index in [0.29, 0.717) is 0 Å². The van der Waals surface area contributed by atoms with Crippen molar-refractivity contribution in [2.75, 3.05) is 5.73 Å². The Bertz CT molecular complexity index is 717. The minimum atomic E-state index is 0.793. The van der Waals surface area contributed by atoms with Crippen molar-refractivity contribution in [2.24, 2.45) is 0 Å². The summed E-state index contributed by atoms with van der Waals surface area (Å²) in [6.45, 7) is 2.10. The Morgan fingerprint density at radius 3 is 2.72 bits per heavy atom. The van der Waals surface area contributed by atoms with Crippen LogP contribution in [0.1, 0.15) is 5.56 Å². The molecule has 0 bridgehead atoms. The molecule has 3 rings (SSSR count). The van der Waals surface area contributed by atoms with Gasteiger partial charge in [-0.25, -0.2) is 0 Å². The molecule has 88 valence electrons. The second-order valence-corrected chi connectivity index (χ2v) is 4.51. The molecule has 1 aromatic heterocycles. The van der Waals surface area contributed by atoms with Crippen LogP contribution in [0.2, 0.25) is 0 Å². The van der Waals surface area contributed by atoms with Crippen LogP contribution in [0.25, 0.3) is 21.9 Å². The van der Waals surface area contributed by atoms with E-state index in [4.69, 9.17) is 5.73 Å². The van der Waals surface area contributed by atoms with Crippen LogP contribution >= 0.6 is 0 Å². The van der Waals surface area contributed by atoms with Crippen molar-refractivity contribution in [3.8, 4) is 11.1 Å². The predicted octanol–water partition coefficient (Wildman–Crippen LogP) is 3.79. The minimum Gasteiger partial charge on any atom is -0.399 e. The van der Waals surface area contributed by atoms with Gasteiger partial charge >= 0.3 is 0 Å². The third kappa shape index (κ3) is 1.82. The first-order chi connectivity index (χ1) is 8.74. The van der Waals surface area contributed by atoms with E-state index in [1.165, 1.54) is 22.1 Å². The Labute approximate surface area is 106 Å². The molecule has 2 heteroatoms. The Kier molecular flexibility index (Phi) is 2.49. The predicted molar refractivity (Wildman–Crippen MR) is 76.3 cm³/mol. The summed E-state index contributed by atoms with van der Waals surface area (Å²) in [6, 6.07) is 14.4. The zero-order chi connectivity index (χ0) is 12.5. The summed E-state index contributed by atoms with van der Waals surface area (Å²) in [7, 11) is 0. The molecule has 0 saturated heterocycles. The van der Waals surface area contributed by atoms with E-state index in [-0.39, 0.29) is 0 Å². The molecule has 18 heavy (non-hydrogen) atoms. The maximum absolute atomic E-state index is 5.87. The highest BCUT2D eigenvalue weighted by molar-refractivity contribution is 5.87. The van der Waals surface area contributed by atoms with Crippen molar-refractivity contribution >= 4 is 16.5 Å². The number of nitrogen functional groups attached to an aromatic ring is 1. The summed E-state index contributed by atoms with van der Waals surface area (Å²) in [5.74, 6) is 0. The van der Waals surface area contributed by atoms with Gasteiger partial charge in [-0.05, 0) is 53.3 Å². The molecular formula is C16H14N2. The van der Waals surface area contributed by atoms with Crippen molar-refractivity contribution in [2.45, 2.75) is 6.92 Å². The van der Waals surface area contributed by atoms with Crippen molar-refractivity contribution in [3.63, 3.8) is 0 Å². The Morgan fingerprint density at radius 2 is 1.83 bits per heavy atom. The average Bonchev–Trinajstić information content (AvgIpc) is 2.41. The third-order valence-electron chi connectivity index (χ3n) is 3.21. The first-order valence-electron chi connectivity index (χ1n) is 5.94. The summed E-state index contributed by atoms with van der Waals surface area (Å²) in [5.41, 5.74) is 10.2. The molecule has 0 amide bonds. The van der Waals surface area contributed by atoms with Crippen LogP contribution < -0.4 is 5.73 Å². The van der Waals surface area contributed by atoms with Gasteiger partial charge in [-0.15, -0.1) is 0 Å². The number of aryl methyl sites for hydroxylation is 1. The molecule has 0 aliphatic carbocycles. The van der Waals surface area contributed by atoms with Crippen LogP contribution in [0.4, 0.5) is 5.69 Å². The van der Waals surface area contributed by atoms with Crippen LogP contribution in [0.5, 0.6) is 0 Å². The smallest absolute Gasteiger partial charge is 0.0346 e. The molecule has 2 nitrogen and oxygen atoms in total. The van der Waals surface area contributed by atoms with Gasteiger partial charge in [0, 0.05) is 23.5 Å². The first-order valence-corrected chi connectivity index (χ1v) is 5.94. The van der Waals surface area contributed by atoms with Gasteiger partial charge in [0.05, 0.1) is 0 Å². The highest BCUT2D eigenvalue weighted by Crippen LogP contribution is 2.28. The summed E-state index contributed by atoms with van der Waals surface area (Å²) in [5, 5.41) is 2.35. The second-order valence-electron chi connectivity index (χ2n) is 4.51. The van der Waals surface area contributed by atoms with E-state index in [9.17, 15) is 0 Å². The van der Waals surface area contributed by atoms with E-state index in [1.54, 1.807) is 0 Å². The molecule has 1 heterocycles. The maximum atomic E-state index is 5.87. The van der Waals surface area contributed by atoms with Crippen molar-refractivity contribution in [1.82, 2.24) is 4.98 Å². The summed E-state index contributed by atoms with van der Waals surface area (Å²) >= 11 is 0. The van der Waals surface area contributed by atoms with Gasteiger partial charge in [0.25, 0.3) is 0 Å². The van der Waals surface area contributed by atoms with Gasteiger partial charge in [-0.2, -0.15) is 0 Å². The number of rotatable bonds is 1. The normalized spacial score (nSPS) is 10.7. The lowest BCUT2D eigenvalue weighted by Gasteiger charge is -2.08. The monoisotopic (exact) mass is 234 g/mol. The topological polar surface area (TPSA) is 38.9 Å². The van der Waals surface area contributed by atoms with Crippen LogP contribution in [0, 0.1) is 6.92 Å². The molecule has 0 unspecified atom stereocenters. The molecule has 0 spiro atoms. The number of benzene rings is 2. The zero-order valence-electron chi connectivity index (χ0n) is 10.2. The molecular weight excluding hydrogens is 220 g/mol. The fourth-order valence-corrected chi connectivity index (χ4v) is 2.20. The van der Waals surface area contributed by atoms with Crippen LogP contribution in [-0.2, 0) is 0 Å². The van der Waals surface area contributed by atoms with Crippen molar-refractivity contribution < 1.29 is 0 Å². The SMILES string of the molecule is Cc1ccc(N)cc1-c1ccc2ccncc2c1. The molecule has 0 atom stereocenters. The van der Waals surface area contributed by atoms with E-state index in [1.807, 2.05) is 30.6 Å². The van der Waals surface area contributed by atoms with Gasteiger partial charge in [-0.3, -0.25) is 4.98 Å². The van der Waals surface area contributed by atoms with Gasteiger partial charge in [0.1, 0.15) is 0 Å². The van der Waals surface area contributed by atoms with E-state index in [2.05, 4.69) is 36.2 Å². The fourth-order valence-electron chi connectivity index (χ4n) is 2.20. The van der Waals surface area contributed by atoms with E-state index in [0.717, 1.165) is 11.1 Å². The number of nitrogens with two attached hydrogens (primary N) is 1. The number of fused-ring (bicyclic) bond motifs is 1. The van der Waals surface area contributed by atoms with Gasteiger partial charge in [-0.1, -0.05) is 18.2 Å². The molecule has 2 aromatic carbocycles. The highest BCUT2D eigenvalue weighted by atomic mass is 14.6. The number of nitrogens with zero attached hydrogens (tertiary/aromatic N) is 1. The Hall–Kier alpha value is -2.35. The molecule has 0 radical (unpaired) electrons. The number of anilines is 1. The lowest BCUT2D eigenvalue weighted by Crippen LogP contribution is -1.89. The highest BCUT2D eigenvalue weighted by Gasteiger charge is 2.03. The Morgan fingerprint density at radius 1 is 0.944 bits per heavy atom. The van der Waals surface area contributed by atoms with Gasteiger partial charge in [0.15, 0.2) is 0 Å². The number of hydrogen-bond donors (Lipinski definition) is 1. The fraction of sp³-hybridized carbons (Fsp3) is 0.0625. The number of hydrogen-bond acceptors (Lipinski definition) is 2. The lowest BCUT2D eigenvalue weighted by atomic mass is 9.98. The van der Waals surface area contributed by atoms with E-state index < -0.39 is 0 Å². The standard InChI is InChI=1S/C16H14N2/c1-11-2-5-15(17)9-16(11)13-4-3-12-6-7-18-10-14(12)8-13/h2-10H,17H2,1H3. The number of aromatic nitrogens is 1. The summed E-state index contributed by atoms with van der Waals surface area (Å²) in [6.07, 6.45) is 3.70. The molecule has 2 N–H and O–H groups in total. The number of pyridine rings is 1. The molecule has 0 saturated carbocycles. The maximum Gasteiger partial charge on any atom is 0.0346 e. The lowest BCUT2D eigenvalue weighted by molar-refractivity contribution is 1.36. The van der Waals surface area contributed by atoms with Crippen LogP contribution in [0.15, 0.2) is 54.9 Å². The minimum absolute atomic E-state index is 0.793. The van der Waals surface area contributed by atoms with Crippen molar-refractivity contribution in [1.29, 1.82) is 0 Å². The van der Waals surface area contributed by atoms with E-state index >= 15 is 0 Å². The van der Waals surface area contributed by atoms with Gasteiger partial charge < -0.3 is 5.73 Å². The summed E-state index contributed by atoms with van der Waals surface area (Å²) < 4.78 is 0. The second kappa shape index (κ2) is 4.15. The molecule has 3 aromatic rings. The largest absolute Gasteiger partial charge is 0.399 e. The average molecular weight is 234 g/mol. The van der Waals surface area contributed by atoms with Gasteiger partial charge in [0.2, 0.25) is 0 Å². The molecule has 0 aliphatic heterocycles. The third-order valence-corrected chi connectivity index (χ3v) is 3.21. The molecule has 0 fully saturated rings.